The molecule has 1 fully saturated rings. The van der Waals surface area contributed by atoms with E-state index in [4.69, 9.17) is 0 Å². The van der Waals surface area contributed by atoms with E-state index in [9.17, 15) is 0 Å². The van der Waals surface area contributed by atoms with E-state index in [1.54, 1.807) is 0 Å². The summed E-state index contributed by atoms with van der Waals surface area (Å²) in [4.78, 5) is 2.56. The second-order valence-electron chi connectivity index (χ2n) is 6.38. The molecule has 0 aromatic carbocycles. The topological polar surface area (TPSA) is 15.3 Å². The van der Waals surface area contributed by atoms with Crippen LogP contribution in [0.15, 0.2) is 0 Å². The number of rotatable bonds is 10. The lowest BCUT2D eigenvalue weighted by molar-refractivity contribution is 0.169. The zero-order valence-corrected chi connectivity index (χ0v) is 12.4. The summed E-state index contributed by atoms with van der Waals surface area (Å²) in [5, 5.41) is 3.61. The molecule has 1 unspecified atom stereocenters. The van der Waals surface area contributed by atoms with Gasteiger partial charge in [0.1, 0.15) is 0 Å². The maximum Gasteiger partial charge on any atom is 0.00445 e. The standard InChI is InChI=1S/C15H32N2/c1-5-9-15(3,12-16-10-6-2)13-17(4)11-14-7-8-14/h14,16H,5-13H2,1-4H3. The first-order valence-electron chi connectivity index (χ1n) is 7.49. The predicted molar refractivity (Wildman–Crippen MR) is 76.4 cm³/mol. The lowest BCUT2D eigenvalue weighted by atomic mass is 9.84. The summed E-state index contributed by atoms with van der Waals surface area (Å²) in [6, 6.07) is 0. The van der Waals surface area contributed by atoms with Crippen LogP contribution in [0.25, 0.3) is 0 Å². The van der Waals surface area contributed by atoms with Crippen molar-refractivity contribution < 1.29 is 0 Å². The summed E-state index contributed by atoms with van der Waals surface area (Å²) in [6.45, 7) is 11.9. The Morgan fingerprint density at radius 3 is 2.47 bits per heavy atom. The highest BCUT2D eigenvalue weighted by molar-refractivity contribution is 4.83. The van der Waals surface area contributed by atoms with Crippen LogP contribution in [0.5, 0.6) is 0 Å². The van der Waals surface area contributed by atoms with Gasteiger partial charge < -0.3 is 10.2 Å². The van der Waals surface area contributed by atoms with Gasteiger partial charge in [0.25, 0.3) is 0 Å². The molecule has 0 aromatic rings. The first-order valence-corrected chi connectivity index (χ1v) is 7.49. The third kappa shape index (κ3) is 6.42. The SMILES string of the molecule is CCCNCC(C)(CCC)CN(C)CC1CC1. The molecule has 1 N–H and O–H groups in total. The minimum atomic E-state index is 0.452. The zero-order chi connectivity index (χ0) is 12.7. The highest BCUT2D eigenvalue weighted by Crippen LogP contribution is 2.31. The molecule has 0 spiro atoms. The largest absolute Gasteiger partial charge is 0.316 e. The fourth-order valence-electron chi connectivity index (χ4n) is 2.85. The summed E-state index contributed by atoms with van der Waals surface area (Å²) in [5.74, 6) is 1.01. The van der Waals surface area contributed by atoms with Crippen molar-refractivity contribution in [2.45, 2.75) is 52.9 Å². The average Bonchev–Trinajstić information content (AvgIpc) is 3.01. The minimum Gasteiger partial charge on any atom is -0.316 e. The third-order valence-corrected chi connectivity index (χ3v) is 3.75. The second-order valence-corrected chi connectivity index (χ2v) is 6.38. The van der Waals surface area contributed by atoms with E-state index in [1.165, 1.54) is 51.7 Å². The fraction of sp³-hybridized carbons (Fsp3) is 1.00. The third-order valence-electron chi connectivity index (χ3n) is 3.75. The van der Waals surface area contributed by atoms with Gasteiger partial charge in [-0.15, -0.1) is 0 Å². The van der Waals surface area contributed by atoms with Crippen molar-refractivity contribution in [2.75, 3.05) is 33.2 Å². The Morgan fingerprint density at radius 2 is 1.94 bits per heavy atom. The van der Waals surface area contributed by atoms with Crippen LogP contribution in [0.4, 0.5) is 0 Å². The minimum absolute atomic E-state index is 0.452. The Labute approximate surface area is 108 Å². The van der Waals surface area contributed by atoms with Gasteiger partial charge in [0, 0.05) is 19.6 Å². The van der Waals surface area contributed by atoms with Crippen LogP contribution in [0.2, 0.25) is 0 Å². The highest BCUT2D eigenvalue weighted by Gasteiger charge is 2.28. The van der Waals surface area contributed by atoms with E-state index in [2.05, 4.69) is 38.0 Å². The van der Waals surface area contributed by atoms with Gasteiger partial charge in [-0.2, -0.15) is 0 Å². The molecule has 1 aliphatic carbocycles. The average molecular weight is 240 g/mol. The summed E-state index contributed by atoms with van der Waals surface area (Å²) < 4.78 is 0. The fourth-order valence-corrected chi connectivity index (χ4v) is 2.85. The number of nitrogens with zero attached hydrogens (tertiary/aromatic N) is 1. The van der Waals surface area contributed by atoms with E-state index in [-0.39, 0.29) is 0 Å². The highest BCUT2D eigenvalue weighted by atomic mass is 15.1. The molecule has 0 aromatic heterocycles. The van der Waals surface area contributed by atoms with Crippen molar-refractivity contribution in [3.05, 3.63) is 0 Å². The van der Waals surface area contributed by atoms with E-state index in [1.807, 2.05) is 0 Å². The summed E-state index contributed by atoms with van der Waals surface area (Å²) in [5.41, 5.74) is 0.452. The number of hydrogen-bond donors (Lipinski definition) is 1. The summed E-state index contributed by atoms with van der Waals surface area (Å²) >= 11 is 0. The molecule has 2 heteroatoms. The molecule has 0 bridgehead atoms. The zero-order valence-electron chi connectivity index (χ0n) is 12.4. The van der Waals surface area contributed by atoms with Crippen molar-refractivity contribution in [2.24, 2.45) is 11.3 Å². The molecule has 0 radical (unpaired) electrons. The Morgan fingerprint density at radius 1 is 1.24 bits per heavy atom. The predicted octanol–water partition coefficient (Wildman–Crippen LogP) is 3.13. The van der Waals surface area contributed by atoms with Crippen LogP contribution in [0.3, 0.4) is 0 Å². The monoisotopic (exact) mass is 240 g/mol. The number of nitrogens with one attached hydrogen (secondary N) is 1. The van der Waals surface area contributed by atoms with Gasteiger partial charge in [0.15, 0.2) is 0 Å². The van der Waals surface area contributed by atoms with Crippen molar-refractivity contribution in [3.63, 3.8) is 0 Å². The van der Waals surface area contributed by atoms with Crippen molar-refractivity contribution in [3.8, 4) is 0 Å². The molecular formula is C15H32N2. The quantitative estimate of drug-likeness (QED) is 0.590. The molecule has 102 valence electrons. The lowest BCUT2D eigenvalue weighted by Crippen LogP contribution is -2.41. The van der Waals surface area contributed by atoms with E-state index in [0.29, 0.717) is 5.41 Å². The van der Waals surface area contributed by atoms with Gasteiger partial charge in [-0.3, -0.25) is 0 Å². The molecule has 2 nitrogen and oxygen atoms in total. The normalized spacial score (nSPS) is 19.6. The Bertz CT molecular complexity index is 201. The molecule has 1 aliphatic rings. The maximum absolute atomic E-state index is 3.61. The van der Waals surface area contributed by atoms with Gasteiger partial charge in [-0.05, 0) is 50.6 Å². The van der Waals surface area contributed by atoms with Crippen molar-refractivity contribution in [1.82, 2.24) is 10.2 Å². The van der Waals surface area contributed by atoms with Crippen LogP contribution in [0.1, 0.15) is 52.9 Å². The van der Waals surface area contributed by atoms with Gasteiger partial charge in [0.2, 0.25) is 0 Å². The summed E-state index contributed by atoms with van der Waals surface area (Å²) in [6.07, 6.45) is 6.78. The molecular weight excluding hydrogens is 208 g/mol. The molecule has 0 heterocycles. The molecule has 1 rings (SSSR count). The summed E-state index contributed by atoms with van der Waals surface area (Å²) in [7, 11) is 2.30. The van der Waals surface area contributed by atoms with Crippen LogP contribution in [-0.2, 0) is 0 Å². The molecule has 17 heavy (non-hydrogen) atoms. The lowest BCUT2D eigenvalue weighted by Gasteiger charge is -2.34. The van der Waals surface area contributed by atoms with Crippen molar-refractivity contribution in [1.29, 1.82) is 0 Å². The van der Waals surface area contributed by atoms with E-state index < -0.39 is 0 Å². The van der Waals surface area contributed by atoms with Gasteiger partial charge >= 0.3 is 0 Å². The Kier molecular flexibility index (Phi) is 6.50. The van der Waals surface area contributed by atoms with Crippen LogP contribution < -0.4 is 5.32 Å². The Balaban J connectivity index is 2.32. The maximum atomic E-state index is 3.61. The first-order chi connectivity index (χ1) is 8.09. The van der Waals surface area contributed by atoms with Crippen molar-refractivity contribution >= 4 is 0 Å². The van der Waals surface area contributed by atoms with E-state index in [0.717, 1.165) is 12.5 Å². The van der Waals surface area contributed by atoms with Gasteiger partial charge in [0.05, 0.1) is 0 Å². The van der Waals surface area contributed by atoms with Crippen LogP contribution >= 0.6 is 0 Å². The number of hydrogen-bond acceptors (Lipinski definition) is 2. The molecule has 1 saturated carbocycles. The molecule has 0 saturated heterocycles. The molecule has 1 atom stereocenters. The van der Waals surface area contributed by atoms with E-state index >= 15 is 0 Å². The Hall–Kier alpha value is -0.0800. The molecule has 0 aliphatic heterocycles. The van der Waals surface area contributed by atoms with Crippen LogP contribution in [-0.4, -0.2) is 38.1 Å². The second kappa shape index (κ2) is 7.38. The van der Waals surface area contributed by atoms with Gasteiger partial charge in [-0.1, -0.05) is 27.2 Å². The van der Waals surface area contributed by atoms with Crippen LogP contribution in [0, 0.1) is 11.3 Å². The smallest absolute Gasteiger partial charge is 0.00445 e. The van der Waals surface area contributed by atoms with Gasteiger partial charge in [-0.25, -0.2) is 0 Å². The first kappa shape index (κ1) is 15.0. The molecule has 0 amide bonds.